The summed E-state index contributed by atoms with van der Waals surface area (Å²) in [7, 11) is 2.06. The van der Waals surface area contributed by atoms with Crippen LogP contribution >= 0.6 is 0 Å². The zero-order valence-electron chi connectivity index (χ0n) is 10.3. The van der Waals surface area contributed by atoms with Crippen LogP contribution in [0.5, 0.6) is 0 Å². The Morgan fingerprint density at radius 2 is 2.12 bits per heavy atom. The highest BCUT2D eigenvalue weighted by atomic mass is 19.1. The van der Waals surface area contributed by atoms with Crippen LogP contribution in [0.1, 0.15) is 25.8 Å². The van der Waals surface area contributed by atoms with Crippen LogP contribution in [-0.4, -0.2) is 18.5 Å². The van der Waals surface area contributed by atoms with Crippen LogP contribution < -0.4 is 5.73 Å². The van der Waals surface area contributed by atoms with Crippen molar-refractivity contribution in [2.24, 2.45) is 5.92 Å². The molecule has 1 aromatic carbocycles. The van der Waals surface area contributed by atoms with E-state index in [1.54, 1.807) is 6.07 Å². The molecule has 90 valence electrons. The predicted octanol–water partition coefficient (Wildman–Crippen LogP) is 2.89. The number of halogens is 1. The summed E-state index contributed by atoms with van der Waals surface area (Å²) < 4.78 is 13.2. The summed E-state index contributed by atoms with van der Waals surface area (Å²) in [6.07, 6.45) is 1.17. The summed E-state index contributed by atoms with van der Waals surface area (Å²) in [5.74, 6) is 0.345. The molecule has 1 atom stereocenters. The second-order valence-electron chi connectivity index (χ2n) is 4.57. The smallest absolute Gasteiger partial charge is 0.146 e. The lowest BCUT2D eigenvalue weighted by molar-refractivity contribution is 0.275. The number of nitrogens with zero attached hydrogens (tertiary/aromatic N) is 1. The minimum atomic E-state index is -0.325. The van der Waals surface area contributed by atoms with Gasteiger partial charge in [0.15, 0.2) is 0 Å². The molecule has 0 aliphatic heterocycles. The summed E-state index contributed by atoms with van der Waals surface area (Å²) in [4.78, 5) is 2.21. The summed E-state index contributed by atoms with van der Waals surface area (Å²) in [6, 6.07) is 5.02. The highest BCUT2D eigenvalue weighted by Gasteiger charge is 2.06. The molecule has 3 heteroatoms. The van der Waals surface area contributed by atoms with Gasteiger partial charge in [-0.3, -0.25) is 0 Å². The Morgan fingerprint density at radius 3 is 2.69 bits per heavy atom. The van der Waals surface area contributed by atoms with E-state index >= 15 is 0 Å². The van der Waals surface area contributed by atoms with Crippen LogP contribution in [0, 0.1) is 11.7 Å². The zero-order chi connectivity index (χ0) is 12.1. The van der Waals surface area contributed by atoms with Crippen molar-refractivity contribution in [2.75, 3.05) is 19.3 Å². The van der Waals surface area contributed by atoms with Crippen molar-refractivity contribution >= 4 is 5.69 Å². The number of rotatable bonds is 5. The number of hydrogen-bond acceptors (Lipinski definition) is 2. The average molecular weight is 224 g/mol. The third-order valence-corrected chi connectivity index (χ3v) is 2.84. The normalized spacial score (nSPS) is 13.1. The van der Waals surface area contributed by atoms with Crippen molar-refractivity contribution in [3.05, 3.63) is 29.6 Å². The second kappa shape index (κ2) is 5.85. The summed E-state index contributed by atoms with van der Waals surface area (Å²) in [6.45, 7) is 6.20. The first kappa shape index (κ1) is 13.0. The van der Waals surface area contributed by atoms with Crippen molar-refractivity contribution in [3.63, 3.8) is 0 Å². The molecule has 0 bridgehead atoms. The van der Waals surface area contributed by atoms with Gasteiger partial charge in [0.2, 0.25) is 0 Å². The summed E-state index contributed by atoms with van der Waals surface area (Å²) in [5, 5.41) is 0. The van der Waals surface area contributed by atoms with Gasteiger partial charge in [0.25, 0.3) is 0 Å². The summed E-state index contributed by atoms with van der Waals surface area (Å²) >= 11 is 0. The molecule has 2 N–H and O–H groups in total. The molecule has 0 aromatic heterocycles. The van der Waals surface area contributed by atoms with Gasteiger partial charge in [-0.1, -0.05) is 26.3 Å². The standard InChI is InChI=1S/C13H21FN2/c1-4-10(2)8-16(3)9-11-5-6-13(15)12(14)7-11/h5-7,10H,4,8-9,15H2,1-3H3. The molecule has 0 amide bonds. The van der Waals surface area contributed by atoms with E-state index in [-0.39, 0.29) is 11.5 Å². The Balaban J connectivity index is 2.56. The fourth-order valence-corrected chi connectivity index (χ4v) is 1.71. The van der Waals surface area contributed by atoms with Gasteiger partial charge < -0.3 is 10.6 Å². The van der Waals surface area contributed by atoms with Crippen LogP contribution in [0.2, 0.25) is 0 Å². The molecule has 0 heterocycles. The molecule has 0 saturated carbocycles. The molecule has 1 unspecified atom stereocenters. The van der Waals surface area contributed by atoms with Gasteiger partial charge in [0.05, 0.1) is 5.69 Å². The maximum Gasteiger partial charge on any atom is 0.146 e. The number of anilines is 1. The third-order valence-electron chi connectivity index (χ3n) is 2.84. The average Bonchev–Trinajstić information content (AvgIpc) is 2.23. The topological polar surface area (TPSA) is 29.3 Å². The third kappa shape index (κ3) is 3.81. The Kier molecular flexibility index (Phi) is 4.74. The molecule has 0 saturated heterocycles. The van der Waals surface area contributed by atoms with Crippen molar-refractivity contribution in [1.82, 2.24) is 4.90 Å². The monoisotopic (exact) mass is 224 g/mol. The predicted molar refractivity (Wildman–Crippen MR) is 66.6 cm³/mol. The zero-order valence-corrected chi connectivity index (χ0v) is 10.3. The highest BCUT2D eigenvalue weighted by Crippen LogP contribution is 2.14. The molecule has 0 fully saturated rings. The fraction of sp³-hybridized carbons (Fsp3) is 0.538. The second-order valence-corrected chi connectivity index (χ2v) is 4.57. The van der Waals surface area contributed by atoms with E-state index < -0.39 is 0 Å². The van der Waals surface area contributed by atoms with E-state index in [2.05, 4.69) is 25.8 Å². The highest BCUT2D eigenvalue weighted by molar-refractivity contribution is 5.41. The first-order valence-electron chi connectivity index (χ1n) is 5.75. The van der Waals surface area contributed by atoms with Gasteiger partial charge in [-0.15, -0.1) is 0 Å². The Morgan fingerprint density at radius 1 is 1.44 bits per heavy atom. The van der Waals surface area contributed by atoms with Crippen molar-refractivity contribution in [3.8, 4) is 0 Å². The van der Waals surface area contributed by atoms with Crippen molar-refractivity contribution in [2.45, 2.75) is 26.8 Å². The molecule has 2 nitrogen and oxygen atoms in total. The van der Waals surface area contributed by atoms with E-state index in [1.165, 1.54) is 12.5 Å². The van der Waals surface area contributed by atoms with E-state index in [4.69, 9.17) is 5.73 Å². The van der Waals surface area contributed by atoms with Gasteiger partial charge in [-0.05, 0) is 30.7 Å². The molecule has 0 spiro atoms. The molecule has 1 rings (SSSR count). The van der Waals surface area contributed by atoms with Crippen LogP contribution in [0.4, 0.5) is 10.1 Å². The van der Waals surface area contributed by atoms with Crippen molar-refractivity contribution in [1.29, 1.82) is 0 Å². The lowest BCUT2D eigenvalue weighted by atomic mass is 10.1. The van der Waals surface area contributed by atoms with Crippen molar-refractivity contribution < 1.29 is 4.39 Å². The summed E-state index contributed by atoms with van der Waals surface area (Å²) in [5.41, 5.74) is 6.62. The number of hydrogen-bond donors (Lipinski definition) is 1. The van der Waals surface area contributed by atoms with Gasteiger partial charge in [0, 0.05) is 13.1 Å². The molecule has 0 aliphatic rings. The number of benzene rings is 1. The molecule has 16 heavy (non-hydrogen) atoms. The molecule has 1 aromatic rings. The van der Waals surface area contributed by atoms with E-state index in [1.807, 2.05) is 6.07 Å². The SMILES string of the molecule is CCC(C)CN(C)Cc1ccc(N)c(F)c1. The Labute approximate surface area is 97.3 Å². The van der Waals surface area contributed by atoms with Gasteiger partial charge in [-0.2, -0.15) is 0 Å². The first-order valence-corrected chi connectivity index (χ1v) is 5.75. The molecule has 0 radical (unpaired) electrons. The molecule has 0 aliphatic carbocycles. The van der Waals surface area contributed by atoms with Gasteiger partial charge >= 0.3 is 0 Å². The molecular weight excluding hydrogens is 203 g/mol. The maximum absolute atomic E-state index is 13.2. The van der Waals surface area contributed by atoms with Gasteiger partial charge in [-0.25, -0.2) is 4.39 Å². The maximum atomic E-state index is 13.2. The lowest BCUT2D eigenvalue weighted by Gasteiger charge is -2.20. The van der Waals surface area contributed by atoms with Crippen LogP contribution in [0.3, 0.4) is 0 Å². The van der Waals surface area contributed by atoms with Crippen LogP contribution in [0.15, 0.2) is 18.2 Å². The Bertz CT molecular complexity index is 339. The first-order chi connectivity index (χ1) is 7.52. The largest absolute Gasteiger partial charge is 0.396 e. The van der Waals surface area contributed by atoms with Crippen LogP contribution in [0.25, 0.3) is 0 Å². The minimum absolute atomic E-state index is 0.216. The lowest BCUT2D eigenvalue weighted by Crippen LogP contribution is -2.23. The van der Waals surface area contributed by atoms with Crippen LogP contribution in [-0.2, 0) is 6.54 Å². The quantitative estimate of drug-likeness (QED) is 0.779. The van der Waals surface area contributed by atoms with Gasteiger partial charge in [0.1, 0.15) is 5.82 Å². The fourth-order valence-electron chi connectivity index (χ4n) is 1.71. The number of nitrogen functional groups attached to an aromatic ring is 1. The molecular formula is C13H21FN2. The van der Waals surface area contributed by atoms with E-state index in [9.17, 15) is 4.39 Å². The minimum Gasteiger partial charge on any atom is -0.396 e. The van der Waals surface area contributed by atoms with E-state index in [0.29, 0.717) is 5.92 Å². The number of nitrogens with two attached hydrogens (primary N) is 1. The van der Waals surface area contributed by atoms with E-state index in [0.717, 1.165) is 18.7 Å². The Hall–Kier alpha value is -1.09.